The van der Waals surface area contributed by atoms with Crippen LogP contribution < -0.4 is 28.0 Å². The Balaban J connectivity index is 2.99. The predicted molar refractivity (Wildman–Crippen MR) is 48.6 cm³/mol. The molecule has 0 saturated carbocycles. The SMILES string of the molecule is C=NNc1nc(NN)nc(NN)n1. The molecule has 1 heterocycles. The molecule has 9 heteroatoms. The summed E-state index contributed by atoms with van der Waals surface area (Å²) in [4.78, 5) is 11.3. The molecule has 0 aromatic carbocycles. The molecular formula is C4H9N9. The van der Waals surface area contributed by atoms with Crippen molar-refractivity contribution in [3.63, 3.8) is 0 Å². The van der Waals surface area contributed by atoms with E-state index in [4.69, 9.17) is 11.7 Å². The number of nitrogens with zero attached hydrogens (tertiary/aromatic N) is 4. The molecule has 70 valence electrons. The van der Waals surface area contributed by atoms with Crippen LogP contribution in [0, 0.1) is 0 Å². The first-order chi connectivity index (χ1) is 6.30. The van der Waals surface area contributed by atoms with Crippen molar-refractivity contribution >= 4 is 24.6 Å². The average molecular weight is 183 g/mol. The van der Waals surface area contributed by atoms with Gasteiger partial charge in [0.15, 0.2) is 0 Å². The Kier molecular flexibility index (Phi) is 2.89. The molecule has 13 heavy (non-hydrogen) atoms. The minimum atomic E-state index is 0.161. The smallest absolute Gasteiger partial charge is 0.250 e. The van der Waals surface area contributed by atoms with Gasteiger partial charge in [0.25, 0.3) is 0 Å². The molecular weight excluding hydrogens is 174 g/mol. The summed E-state index contributed by atoms with van der Waals surface area (Å²) >= 11 is 0. The molecule has 1 aromatic heterocycles. The fourth-order valence-corrected chi connectivity index (χ4v) is 0.626. The van der Waals surface area contributed by atoms with Gasteiger partial charge in [-0.2, -0.15) is 20.1 Å². The van der Waals surface area contributed by atoms with Gasteiger partial charge in [0.1, 0.15) is 0 Å². The van der Waals surface area contributed by atoms with E-state index >= 15 is 0 Å². The summed E-state index contributed by atoms with van der Waals surface area (Å²) < 4.78 is 0. The molecule has 0 aliphatic heterocycles. The van der Waals surface area contributed by atoms with Crippen molar-refractivity contribution in [2.24, 2.45) is 16.8 Å². The zero-order valence-electron chi connectivity index (χ0n) is 6.65. The van der Waals surface area contributed by atoms with Gasteiger partial charge in [-0.3, -0.25) is 10.9 Å². The largest absolute Gasteiger partial charge is 0.292 e. The number of hydrogen-bond acceptors (Lipinski definition) is 9. The van der Waals surface area contributed by atoms with Crippen LogP contribution in [0.15, 0.2) is 5.10 Å². The minimum Gasteiger partial charge on any atom is -0.292 e. The third kappa shape index (κ3) is 2.21. The molecule has 9 nitrogen and oxygen atoms in total. The summed E-state index contributed by atoms with van der Waals surface area (Å²) in [5, 5.41) is 3.37. The summed E-state index contributed by atoms with van der Waals surface area (Å²) in [6.07, 6.45) is 0. The second-order valence-electron chi connectivity index (χ2n) is 1.86. The summed E-state index contributed by atoms with van der Waals surface area (Å²) in [7, 11) is 0. The van der Waals surface area contributed by atoms with Crippen molar-refractivity contribution < 1.29 is 0 Å². The zero-order valence-corrected chi connectivity index (χ0v) is 6.65. The van der Waals surface area contributed by atoms with Gasteiger partial charge < -0.3 is 0 Å². The molecule has 0 atom stereocenters. The molecule has 0 fully saturated rings. The summed E-state index contributed by atoms with van der Waals surface area (Å²) in [5.74, 6) is 10.7. The Morgan fingerprint density at radius 2 is 1.46 bits per heavy atom. The van der Waals surface area contributed by atoms with Crippen LogP contribution in [0.25, 0.3) is 0 Å². The number of hydrazone groups is 1. The second-order valence-corrected chi connectivity index (χ2v) is 1.86. The lowest BCUT2D eigenvalue weighted by Gasteiger charge is -2.03. The first-order valence-corrected chi connectivity index (χ1v) is 3.21. The van der Waals surface area contributed by atoms with E-state index in [0.717, 1.165) is 0 Å². The van der Waals surface area contributed by atoms with E-state index in [1.54, 1.807) is 0 Å². The monoisotopic (exact) mass is 183 g/mol. The van der Waals surface area contributed by atoms with E-state index in [1.165, 1.54) is 0 Å². The van der Waals surface area contributed by atoms with Gasteiger partial charge in [-0.25, -0.2) is 17.1 Å². The summed E-state index contributed by atoms with van der Waals surface area (Å²) in [6, 6.07) is 0. The maximum Gasteiger partial charge on any atom is 0.250 e. The fraction of sp³-hybridized carbons (Fsp3) is 0. The Bertz CT molecular complexity index is 273. The zero-order chi connectivity index (χ0) is 9.68. The fourth-order valence-electron chi connectivity index (χ4n) is 0.626. The van der Waals surface area contributed by atoms with Crippen molar-refractivity contribution in [1.29, 1.82) is 0 Å². The standard InChI is InChI=1S/C4H9N9/c1-7-13-4-9-2(11-5)8-3(10-4)12-6/h1,5-6H2,(H3,8,9,10,11,12,13). The van der Waals surface area contributed by atoms with Crippen LogP contribution in [0.1, 0.15) is 0 Å². The minimum absolute atomic E-state index is 0.161. The number of nitrogens with two attached hydrogens (primary N) is 2. The van der Waals surface area contributed by atoms with Crippen LogP contribution in [-0.2, 0) is 0 Å². The first-order valence-electron chi connectivity index (χ1n) is 3.21. The van der Waals surface area contributed by atoms with Gasteiger partial charge in [-0.1, -0.05) is 0 Å². The summed E-state index contributed by atoms with van der Waals surface area (Å²) in [5.41, 5.74) is 6.90. The Morgan fingerprint density at radius 3 is 1.85 bits per heavy atom. The molecule has 0 amide bonds. The lowest BCUT2D eigenvalue weighted by molar-refractivity contribution is 1.01. The summed E-state index contributed by atoms with van der Waals surface area (Å²) in [6.45, 7) is 3.20. The van der Waals surface area contributed by atoms with Crippen molar-refractivity contribution in [3.05, 3.63) is 0 Å². The van der Waals surface area contributed by atoms with E-state index in [9.17, 15) is 0 Å². The maximum atomic E-state index is 5.09. The van der Waals surface area contributed by atoms with Crippen molar-refractivity contribution in [1.82, 2.24) is 15.0 Å². The van der Waals surface area contributed by atoms with Gasteiger partial charge in [0.05, 0.1) is 0 Å². The number of hydrazine groups is 2. The topological polar surface area (TPSA) is 139 Å². The Hall–Kier alpha value is -2.00. The second kappa shape index (κ2) is 4.13. The van der Waals surface area contributed by atoms with Crippen LogP contribution in [0.3, 0.4) is 0 Å². The van der Waals surface area contributed by atoms with Gasteiger partial charge in [-0.15, -0.1) is 0 Å². The van der Waals surface area contributed by atoms with E-state index in [0.29, 0.717) is 0 Å². The third-order valence-corrected chi connectivity index (χ3v) is 1.07. The number of hydrogen-bond donors (Lipinski definition) is 5. The van der Waals surface area contributed by atoms with Crippen LogP contribution >= 0.6 is 0 Å². The number of anilines is 3. The number of rotatable bonds is 4. The third-order valence-electron chi connectivity index (χ3n) is 1.07. The van der Waals surface area contributed by atoms with Gasteiger partial charge in [-0.05, 0) is 0 Å². The van der Waals surface area contributed by atoms with Crippen molar-refractivity contribution in [3.8, 4) is 0 Å². The molecule has 0 aliphatic carbocycles. The van der Waals surface area contributed by atoms with E-state index < -0.39 is 0 Å². The van der Waals surface area contributed by atoms with Gasteiger partial charge >= 0.3 is 0 Å². The molecule has 0 radical (unpaired) electrons. The van der Waals surface area contributed by atoms with Gasteiger partial charge in [0, 0.05) is 6.72 Å². The number of aromatic nitrogens is 3. The highest BCUT2D eigenvalue weighted by Gasteiger charge is 2.02. The normalized spacial score (nSPS) is 9.08. The van der Waals surface area contributed by atoms with Crippen molar-refractivity contribution in [2.45, 2.75) is 0 Å². The maximum absolute atomic E-state index is 5.09. The molecule has 1 rings (SSSR count). The van der Waals surface area contributed by atoms with Gasteiger partial charge in [0.2, 0.25) is 17.8 Å². The lowest BCUT2D eigenvalue weighted by Crippen LogP contribution is -2.16. The molecule has 0 aliphatic rings. The first kappa shape index (κ1) is 9.09. The van der Waals surface area contributed by atoms with E-state index in [1.807, 2.05) is 0 Å². The number of nitrogen functional groups attached to an aromatic ring is 2. The highest BCUT2D eigenvalue weighted by Crippen LogP contribution is 2.06. The van der Waals surface area contributed by atoms with Crippen LogP contribution in [0.2, 0.25) is 0 Å². The van der Waals surface area contributed by atoms with Crippen LogP contribution in [0.4, 0.5) is 17.8 Å². The predicted octanol–water partition coefficient (Wildman–Crippen LogP) is -1.53. The van der Waals surface area contributed by atoms with E-state index in [-0.39, 0.29) is 17.8 Å². The Labute approximate surface area is 73.6 Å². The van der Waals surface area contributed by atoms with Crippen LogP contribution in [0.5, 0.6) is 0 Å². The van der Waals surface area contributed by atoms with Crippen LogP contribution in [-0.4, -0.2) is 21.7 Å². The highest BCUT2D eigenvalue weighted by molar-refractivity contribution is 5.41. The number of nitrogens with one attached hydrogen (secondary N) is 3. The molecule has 0 unspecified atom stereocenters. The molecule has 1 aromatic rings. The molecule has 0 spiro atoms. The molecule has 0 saturated heterocycles. The lowest BCUT2D eigenvalue weighted by atomic mass is 10.8. The highest BCUT2D eigenvalue weighted by atomic mass is 15.4. The quantitative estimate of drug-likeness (QED) is 0.215. The van der Waals surface area contributed by atoms with E-state index in [2.05, 4.69) is 43.0 Å². The van der Waals surface area contributed by atoms with Crippen molar-refractivity contribution in [2.75, 3.05) is 16.3 Å². The molecule has 7 N–H and O–H groups in total. The Morgan fingerprint density at radius 1 is 1.00 bits per heavy atom. The molecule has 0 bridgehead atoms. The average Bonchev–Trinajstić information content (AvgIpc) is 2.17.